The maximum atomic E-state index is 10.6. The summed E-state index contributed by atoms with van der Waals surface area (Å²) < 4.78 is 2.76. The lowest BCUT2D eigenvalue weighted by Gasteiger charge is -1.98. The normalized spacial score (nSPS) is 10.8. The second-order valence-corrected chi connectivity index (χ2v) is 4.20. The molecule has 0 atom stereocenters. The van der Waals surface area contributed by atoms with Crippen molar-refractivity contribution < 1.29 is 9.90 Å². The molecular weight excluding hydrogens is 260 g/mol. The molecule has 78 valence electrons. The van der Waals surface area contributed by atoms with Gasteiger partial charge in [-0.3, -0.25) is 4.79 Å². The van der Waals surface area contributed by atoms with Gasteiger partial charge >= 0.3 is 5.97 Å². The summed E-state index contributed by atoms with van der Waals surface area (Å²) in [7, 11) is 0. The van der Waals surface area contributed by atoms with Gasteiger partial charge in [-0.2, -0.15) is 0 Å². The average molecular weight is 269 g/mol. The lowest BCUT2D eigenvalue weighted by atomic mass is 10.3. The van der Waals surface area contributed by atoms with Crippen LogP contribution >= 0.6 is 15.9 Å². The third kappa shape index (κ3) is 1.87. The van der Waals surface area contributed by atoms with Gasteiger partial charge in [0.2, 0.25) is 0 Å². The van der Waals surface area contributed by atoms with Crippen LogP contribution in [0.1, 0.15) is 11.5 Å². The van der Waals surface area contributed by atoms with Crippen LogP contribution in [0.15, 0.2) is 22.8 Å². The minimum absolute atomic E-state index is 0.0589. The van der Waals surface area contributed by atoms with E-state index in [1.54, 1.807) is 4.40 Å². The smallest absolute Gasteiger partial charge is 0.311 e. The van der Waals surface area contributed by atoms with Crippen LogP contribution in [0.4, 0.5) is 0 Å². The molecule has 2 rings (SSSR count). The number of pyridine rings is 1. The number of hydrogen-bond donors (Lipinski definition) is 1. The molecule has 5 heteroatoms. The van der Waals surface area contributed by atoms with Gasteiger partial charge in [-0.15, -0.1) is 0 Å². The van der Waals surface area contributed by atoms with Crippen LogP contribution in [0.3, 0.4) is 0 Å². The van der Waals surface area contributed by atoms with Crippen LogP contribution in [0, 0.1) is 6.92 Å². The fourth-order valence-corrected chi connectivity index (χ4v) is 1.88. The maximum Gasteiger partial charge on any atom is 0.311 e. The number of aromatic nitrogens is 2. The van der Waals surface area contributed by atoms with Crippen LogP contribution in [0.2, 0.25) is 0 Å². The van der Waals surface area contributed by atoms with Gasteiger partial charge < -0.3 is 9.51 Å². The summed E-state index contributed by atoms with van der Waals surface area (Å²) in [6, 6.07) is 3.78. The van der Waals surface area contributed by atoms with E-state index in [4.69, 9.17) is 5.11 Å². The highest BCUT2D eigenvalue weighted by molar-refractivity contribution is 9.10. The molecule has 0 aliphatic rings. The molecule has 0 amide bonds. The second kappa shape index (κ2) is 3.66. The highest BCUT2D eigenvalue weighted by atomic mass is 79.9. The Labute approximate surface area is 94.7 Å². The molecular formula is C10H9BrN2O2. The van der Waals surface area contributed by atoms with E-state index in [1.165, 1.54) is 0 Å². The van der Waals surface area contributed by atoms with Gasteiger partial charge in [0.25, 0.3) is 0 Å². The van der Waals surface area contributed by atoms with Crippen molar-refractivity contribution in [3.8, 4) is 0 Å². The zero-order chi connectivity index (χ0) is 11.0. The summed E-state index contributed by atoms with van der Waals surface area (Å²) >= 11 is 3.37. The minimum atomic E-state index is -0.871. The number of aliphatic carboxylic acids is 1. The van der Waals surface area contributed by atoms with Crippen molar-refractivity contribution in [2.45, 2.75) is 13.3 Å². The summed E-state index contributed by atoms with van der Waals surface area (Å²) in [6.07, 6.45) is 1.76. The molecule has 1 N–H and O–H groups in total. The van der Waals surface area contributed by atoms with E-state index in [0.717, 1.165) is 15.7 Å². The Morgan fingerprint density at radius 1 is 1.67 bits per heavy atom. The van der Waals surface area contributed by atoms with Gasteiger partial charge in [0.05, 0.1) is 11.2 Å². The first-order valence-electron chi connectivity index (χ1n) is 4.43. The summed E-state index contributed by atoms with van der Waals surface area (Å²) in [5.41, 5.74) is 1.77. The van der Waals surface area contributed by atoms with Crippen molar-refractivity contribution in [2.75, 3.05) is 0 Å². The molecule has 0 spiro atoms. The van der Waals surface area contributed by atoms with E-state index in [2.05, 4.69) is 20.9 Å². The zero-order valence-corrected chi connectivity index (χ0v) is 9.65. The maximum absolute atomic E-state index is 10.6. The summed E-state index contributed by atoms with van der Waals surface area (Å²) in [6.45, 7) is 1.87. The summed E-state index contributed by atoms with van der Waals surface area (Å²) in [5.74, 6) is -0.313. The number of rotatable bonds is 2. The SMILES string of the molecule is Cc1nc(CC(=O)O)n2ccc(Br)cc12. The lowest BCUT2D eigenvalue weighted by molar-refractivity contribution is -0.136. The van der Waals surface area contributed by atoms with Crippen LogP contribution < -0.4 is 0 Å². The Balaban J connectivity index is 2.62. The summed E-state index contributed by atoms with van der Waals surface area (Å²) in [4.78, 5) is 14.9. The number of carboxylic acid groups (broad SMARTS) is 1. The lowest BCUT2D eigenvalue weighted by Crippen LogP contribution is -2.04. The Morgan fingerprint density at radius 3 is 3.07 bits per heavy atom. The Bertz CT molecular complexity index is 533. The van der Waals surface area contributed by atoms with Crippen molar-refractivity contribution in [3.63, 3.8) is 0 Å². The predicted molar refractivity (Wildman–Crippen MR) is 59.0 cm³/mol. The first-order chi connectivity index (χ1) is 7.08. The fourth-order valence-electron chi connectivity index (χ4n) is 1.54. The fraction of sp³-hybridized carbons (Fsp3) is 0.200. The first-order valence-corrected chi connectivity index (χ1v) is 5.22. The highest BCUT2D eigenvalue weighted by Crippen LogP contribution is 2.18. The van der Waals surface area contributed by atoms with Crippen LogP contribution in [0.5, 0.6) is 0 Å². The number of hydrogen-bond acceptors (Lipinski definition) is 2. The van der Waals surface area contributed by atoms with E-state index >= 15 is 0 Å². The molecule has 0 radical (unpaired) electrons. The highest BCUT2D eigenvalue weighted by Gasteiger charge is 2.10. The average Bonchev–Trinajstić information content (AvgIpc) is 2.42. The standard InChI is InChI=1S/C10H9BrN2O2/c1-6-8-4-7(11)2-3-13(8)9(12-6)5-10(14)15/h2-4H,5H2,1H3,(H,14,15). The van der Waals surface area contributed by atoms with Gasteiger partial charge in [0.1, 0.15) is 12.2 Å². The van der Waals surface area contributed by atoms with Crippen LogP contribution in [-0.2, 0) is 11.2 Å². The van der Waals surface area contributed by atoms with E-state index in [1.807, 2.05) is 25.3 Å². The summed E-state index contributed by atoms with van der Waals surface area (Å²) in [5, 5.41) is 8.73. The monoisotopic (exact) mass is 268 g/mol. The van der Waals surface area contributed by atoms with E-state index in [-0.39, 0.29) is 6.42 Å². The van der Waals surface area contributed by atoms with Crippen molar-refractivity contribution in [2.24, 2.45) is 0 Å². The van der Waals surface area contributed by atoms with Crippen molar-refractivity contribution in [1.82, 2.24) is 9.38 Å². The quantitative estimate of drug-likeness (QED) is 0.907. The van der Waals surface area contributed by atoms with Crippen LogP contribution in [-0.4, -0.2) is 20.5 Å². The molecule has 2 aromatic rings. The molecule has 2 aromatic heterocycles. The number of fused-ring (bicyclic) bond motifs is 1. The minimum Gasteiger partial charge on any atom is -0.481 e. The van der Waals surface area contributed by atoms with Gasteiger partial charge in [0.15, 0.2) is 0 Å². The molecule has 0 aromatic carbocycles. The van der Waals surface area contributed by atoms with Crippen molar-refractivity contribution in [3.05, 3.63) is 34.3 Å². The number of aryl methyl sites for hydroxylation is 1. The largest absolute Gasteiger partial charge is 0.481 e. The molecule has 15 heavy (non-hydrogen) atoms. The molecule has 0 aliphatic carbocycles. The predicted octanol–water partition coefficient (Wildman–Crippen LogP) is 2.03. The first kappa shape index (κ1) is 10.2. The molecule has 0 saturated carbocycles. The van der Waals surface area contributed by atoms with Gasteiger partial charge in [-0.05, 0) is 19.1 Å². The molecule has 4 nitrogen and oxygen atoms in total. The van der Waals surface area contributed by atoms with Crippen molar-refractivity contribution >= 4 is 27.4 Å². The number of imidazole rings is 1. The third-order valence-electron chi connectivity index (χ3n) is 2.17. The van der Waals surface area contributed by atoms with Gasteiger partial charge in [0, 0.05) is 10.7 Å². The van der Waals surface area contributed by atoms with Crippen molar-refractivity contribution in [1.29, 1.82) is 0 Å². The Hall–Kier alpha value is -1.36. The molecule has 0 saturated heterocycles. The van der Waals surface area contributed by atoms with Gasteiger partial charge in [-0.25, -0.2) is 4.98 Å². The zero-order valence-electron chi connectivity index (χ0n) is 8.07. The number of carboxylic acids is 1. The molecule has 0 fully saturated rings. The third-order valence-corrected chi connectivity index (χ3v) is 2.67. The van der Waals surface area contributed by atoms with E-state index in [9.17, 15) is 4.79 Å². The van der Waals surface area contributed by atoms with Crippen LogP contribution in [0.25, 0.3) is 5.52 Å². The molecule has 0 bridgehead atoms. The molecule has 0 aliphatic heterocycles. The number of nitrogens with zero attached hydrogens (tertiary/aromatic N) is 2. The van der Waals surface area contributed by atoms with E-state index < -0.39 is 5.97 Å². The molecule has 0 unspecified atom stereocenters. The second-order valence-electron chi connectivity index (χ2n) is 3.28. The molecule has 2 heterocycles. The Kier molecular flexibility index (Phi) is 2.48. The van der Waals surface area contributed by atoms with E-state index in [0.29, 0.717) is 5.82 Å². The number of carbonyl (C=O) groups is 1. The Morgan fingerprint density at radius 2 is 2.40 bits per heavy atom. The number of halogens is 1. The topological polar surface area (TPSA) is 54.6 Å². The van der Waals surface area contributed by atoms with Gasteiger partial charge in [-0.1, -0.05) is 15.9 Å².